The lowest BCUT2D eigenvalue weighted by atomic mass is 10.1. The SMILES string of the molecule is CCCCCCCCC#CC#C[C@@H]1O[C@@H]1CCCC(=O)O. The predicted molar refractivity (Wildman–Crippen MR) is 83.7 cm³/mol. The van der Waals surface area contributed by atoms with Gasteiger partial charge in [0, 0.05) is 12.8 Å². The summed E-state index contributed by atoms with van der Waals surface area (Å²) in [5.41, 5.74) is 0. The maximum atomic E-state index is 10.4. The van der Waals surface area contributed by atoms with E-state index in [9.17, 15) is 4.79 Å². The minimum Gasteiger partial charge on any atom is -0.481 e. The Kier molecular flexibility index (Phi) is 9.42. The zero-order chi connectivity index (χ0) is 15.3. The van der Waals surface area contributed by atoms with Gasteiger partial charge in [0.25, 0.3) is 0 Å². The van der Waals surface area contributed by atoms with Crippen molar-refractivity contribution in [1.82, 2.24) is 0 Å². The van der Waals surface area contributed by atoms with Gasteiger partial charge in [-0.3, -0.25) is 4.79 Å². The first-order valence-electron chi connectivity index (χ1n) is 8.09. The Morgan fingerprint density at radius 1 is 1.10 bits per heavy atom. The molecule has 0 unspecified atom stereocenters. The largest absolute Gasteiger partial charge is 0.481 e. The fourth-order valence-electron chi connectivity index (χ4n) is 2.15. The summed E-state index contributed by atoms with van der Waals surface area (Å²) in [5.74, 6) is 11.0. The van der Waals surface area contributed by atoms with E-state index in [-0.39, 0.29) is 18.6 Å². The highest BCUT2D eigenvalue weighted by molar-refractivity contribution is 5.66. The van der Waals surface area contributed by atoms with Crippen LogP contribution in [0.4, 0.5) is 0 Å². The molecule has 0 aromatic rings. The first-order chi connectivity index (χ1) is 10.2. The quantitative estimate of drug-likeness (QED) is 0.378. The standard InChI is InChI=1S/C18H26O3/c1-2-3-4-5-6-7-8-9-10-11-13-16-17(21-16)14-12-15-18(19)20/h16-17H,2-8,12,14-15H2,1H3,(H,19,20)/t16-,17+/m0/s1. The van der Waals surface area contributed by atoms with Gasteiger partial charge in [0.15, 0.2) is 0 Å². The number of unbranched alkanes of at least 4 members (excludes halogenated alkanes) is 6. The molecule has 0 aromatic carbocycles. The second kappa shape index (κ2) is 11.2. The molecular weight excluding hydrogens is 264 g/mol. The van der Waals surface area contributed by atoms with Crippen LogP contribution in [-0.4, -0.2) is 23.3 Å². The second-order valence-electron chi connectivity index (χ2n) is 5.47. The molecule has 0 aromatic heterocycles. The molecule has 0 spiro atoms. The first kappa shape index (κ1) is 17.6. The number of carboxylic acid groups (broad SMARTS) is 1. The smallest absolute Gasteiger partial charge is 0.303 e. The summed E-state index contributed by atoms with van der Waals surface area (Å²) in [6.45, 7) is 2.23. The van der Waals surface area contributed by atoms with Gasteiger partial charge in [0.2, 0.25) is 0 Å². The molecule has 1 aliphatic rings. The summed E-state index contributed by atoms with van der Waals surface area (Å²) >= 11 is 0. The van der Waals surface area contributed by atoms with Gasteiger partial charge in [-0.2, -0.15) is 0 Å². The van der Waals surface area contributed by atoms with Crippen LogP contribution in [0.1, 0.15) is 71.1 Å². The number of ether oxygens (including phenoxy) is 1. The van der Waals surface area contributed by atoms with E-state index >= 15 is 0 Å². The normalized spacial score (nSPS) is 19.1. The molecule has 116 valence electrons. The van der Waals surface area contributed by atoms with Crippen molar-refractivity contribution in [2.45, 2.75) is 83.3 Å². The molecule has 0 radical (unpaired) electrons. The van der Waals surface area contributed by atoms with E-state index in [1.807, 2.05) is 0 Å². The first-order valence-corrected chi connectivity index (χ1v) is 8.09. The maximum Gasteiger partial charge on any atom is 0.303 e. The van der Waals surface area contributed by atoms with Crippen LogP contribution in [0.2, 0.25) is 0 Å². The molecule has 3 nitrogen and oxygen atoms in total. The Morgan fingerprint density at radius 3 is 2.62 bits per heavy atom. The molecule has 2 atom stereocenters. The van der Waals surface area contributed by atoms with E-state index in [4.69, 9.17) is 9.84 Å². The van der Waals surface area contributed by atoms with Crippen LogP contribution in [0.15, 0.2) is 0 Å². The van der Waals surface area contributed by atoms with Crippen molar-refractivity contribution >= 4 is 5.97 Å². The molecule has 1 saturated heterocycles. The van der Waals surface area contributed by atoms with Crippen LogP contribution in [0.5, 0.6) is 0 Å². The Balaban J connectivity index is 1.97. The average molecular weight is 290 g/mol. The lowest BCUT2D eigenvalue weighted by Crippen LogP contribution is -1.97. The van der Waals surface area contributed by atoms with Gasteiger partial charge in [0.05, 0.1) is 6.10 Å². The summed E-state index contributed by atoms with van der Waals surface area (Å²) in [6, 6.07) is 0. The lowest BCUT2D eigenvalue weighted by molar-refractivity contribution is -0.137. The van der Waals surface area contributed by atoms with E-state index in [1.54, 1.807) is 0 Å². The van der Waals surface area contributed by atoms with E-state index < -0.39 is 5.97 Å². The van der Waals surface area contributed by atoms with Crippen molar-refractivity contribution < 1.29 is 14.6 Å². The number of epoxide rings is 1. The topological polar surface area (TPSA) is 49.8 Å². The molecule has 1 fully saturated rings. The molecule has 0 saturated carbocycles. The lowest BCUT2D eigenvalue weighted by Gasteiger charge is -1.96. The predicted octanol–water partition coefficient (Wildman–Crippen LogP) is 3.77. The molecule has 1 rings (SSSR count). The van der Waals surface area contributed by atoms with E-state index in [0.717, 1.165) is 19.3 Å². The molecule has 3 heteroatoms. The third-order valence-electron chi connectivity index (χ3n) is 3.48. The minimum absolute atomic E-state index is 0.0258. The Morgan fingerprint density at radius 2 is 1.86 bits per heavy atom. The third-order valence-corrected chi connectivity index (χ3v) is 3.48. The third kappa shape index (κ3) is 9.99. The van der Waals surface area contributed by atoms with Crippen molar-refractivity contribution in [3.63, 3.8) is 0 Å². The van der Waals surface area contributed by atoms with Gasteiger partial charge in [-0.15, -0.1) is 0 Å². The van der Waals surface area contributed by atoms with Gasteiger partial charge in [0.1, 0.15) is 6.10 Å². The van der Waals surface area contributed by atoms with Crippen LogP contribution >= 0.6 is 0 Å². The Labute approximate surface area is 128 Å². The van der Waals surface area contributed by atoms with Gasteiger partial charge in [-0.05, 0) is 31.1 Å². The summed E-state index contributed by atoms with van der Waals surface area (Å²) < 4.78 is 5.35. The molecule has 1 heterocycles. The van der Waals surface area contributed by atoms with Gasteiger partial charge >= 0.3 is 5.97 Å². The maximum absolute atomic E-state index is 10.4. The van der Waals surface area contributed by atoms with E-state index in [0.29, 0.717) is 6.42 Å². The molecule has 21 heavy (non-hydrogen) atoms. The highest BCUT2D eigenvalue weighted by Gasteiger charge is 2.36. The van der Waals surface area contributed by atoms with Crippen molar-refractivity contribution in [2.24, 2.45) is 0 Å². The van der Waals surface area contributed by atoms with Crippen LogP contribution in [0.3, 0.4) is 0 Å². The summed E-state index contributed by atoms with van der Waals surface area (Å²) in [7, 11) is 0. The summed E-state index contributed by atoms with van der Waals surface area (Å²) in [4.78, 5) is 10.4. The summed E-state index contributed by atoms with van der Waals surface area (Å²) in [5, 5.41) is 8.53. The molecule has 0 amide bonds. The van der Waals surface area contributed by atoms with Crippen LogP contribution in [0.25, 0.3) is 0 Å². The number of rotatable bonds is 10. The van der Waals surface area contributed by atoms with Crippen LogP contribution in [0, 0.1) is 23.7 Å². The molecule has 0 bridgehead atoms. The summed E-state index contributed by atoms with van der Waals surface area (Å²) in [6.07, 6.45) is 10.4. The Hall–Kier alpha value is -1.45. The highest BCUT2D eigenvalue weighted by atomic mass is 16.6. The fourth-order valence-corrected chi connectivity index (χ4v) is 2.15. The van der Waals surface area contributed by atoms with E-state index in [2.05, 4.69) is 30.6 Å². The molecular formula is C18H26O3. The Bertz CT molecular complexity index is 419. The molecule has 0 aliphatic carbocycles. The average Bonchev–Trinajstić information content (AvgIpc) is 3.19. The van der Waals surface area contributed by atoms with E-state index in [1.165, 1.54) is 32.1 Å². The van der Waals surface area contributed by atoms with Crippen molar-refractivity contribution in [2.75, 3.05) is 0 Å². The number of carboxylic acids is 1. The van der Waals surface area contributed by atoms with Gasteiger partial charge < -0.3 is 9.84 Å². The fraction of sp³-hybridized carbons (Fsp3) is 0.722. The molecule has 1 aliphatic heterocycles. The van der Waals surface area contributed by atoms with Crippen molar-refractivity contribution in [3.8, 4) is 23.7 Å². The number of hydrogen-bond acceptors (Lipinski definition) is 2. The monoisotopic (exact) mass is 290 g/mol. The van der Waals surface area contributed by atoms with Crippen molar-refractivity contribution in [1.29, 1.82) is 0 Å². The molecule has 1 N–H and O–H groups in total. The number of aliphatic carboxylic acids is 1. The van der Waals surface area contributed by atoms with Crippen LogP contribution in [-0.2, 0) is 9.53 Å². The van der Waals surface area contributed by atoms with Crippen LogP contribution < -0.4 is 0 Å². The zero-order valence-electron chi connectivity index (χ0n) is 13.0. The zero-order valence-corrected chi connectivity index (χ0v) is 13.0. The van der Waals surface area contributed by atoms with Crippen molar-refractivity contribution in [3.05, 3.63) is 0 Å². The van der Waals surface area contributed by atoms with Gasteiger partial charge in [-0.1, -0.05) is 50.9 Å². The minimum atomic E-state index is -0.751. The number of hydrogen-bond donors (Lipinski definition) is 1. The number of carbonyl (C=O) groups is 1. The second-order valence-corrected chi connectivity index (χ2v) is 5.47. The van der Waals surface area contributed by atoms with Gasteiger partial charge in [-0.25, -0.2) is 0 Å². The highest BCUT2D eigenvalue weighted by Crippen LogP contribution is 2.26.